The van der Waals surface area contributed by atoms with E-state index in [4.69, 9.17) is 11.6 Å². The molecular weight excluding hydrogens is 401 g/mol. The van der Waals surface area contributed by atoms with Gasteiger partial charge in [0.2, 0.25) is 0 Å². The fourth-order valence-corrected chi connectivity index (χ4v) is 2.20. The highest BCUT2D eigenvalue weighted by atomic mass is 127. The first-order valence-electron chi connectivity index (χ1n) is 6.21. The number of hydrogen-bond acceptors (Lipinski definition) is 3. The van der Waals surface area contributed by atoms with Crippen LogP contribution < -0.4 is 10.7 Å². The minimum Gasteiger partial charge on any atom is -0.376 e. The average molecular weight is 414 g/mol. The Morgan fingerprint density at radius 1 is 1.19 bits per heavy atom. The Bertz CT molecular complexity index is 644. The highest BCUT2D eigenvalue weighted by Crippen LogP contribution is 2.12. The predicted octanol–water partition coefficient (Wildman–Crippen LogP) is 3.51. The minimum absolute atomic E-state index is 0.144. The fraction of sp³-hybridized carbons (Fsp3) is 0.0667. The molecule has 21 heavy (non-hydrogen) atoms. The number of carbonyl (C=O) groups excluding carboxylic acids is 1. The maximum Gasteiger partial charge on any atom is 0.259 e. The number of carbonyl (C=O) groups is 1. The zero-order valence-electron chi connectivity index (χ0n) is 11.0. The van der Waals surface area contributed by atoms with Crippen LogP contribution >= 0.6 is 34.2 Å². The Labute approximate surface area is 141 Å². The molecule has 0 aliphatic carbocycles. The molecule has 2 aromatic rings. The Kier molecular flexibility index (Phi) is 6.01. The van der Waals surface area contributed by atoms with Crippen molar-refractivity contribution >= 4 is 52.0 Å². The van der Waals surface area contributed by atoms with E-state index in [9.17, 15) is 4.79 Å². The molecule has 2 aromatic carbocycles. The van der Waals surface area contributed by atoms with E-state index in [-0.39, 0.29) is 12.5 Å². The molecule has 0 radical (unpaired) electrons. The van der Waals surface area contributed by atoms with Crippen LogP contribution in [-0.2, 0) is 4.79 Å². The summed E-state index contributed by atoms with van der Waals surface area (Å²) in [6, 6.07) is 14.9. The topological polar surface area (TPSA) is 53.5 Å². The van der Waals surface area contributed by atoms with Crippen LogP contribution in [0.4, 0.5) is 5.69 Å². The summed E-state index contributed by atoms with van der Waals surface area (Å²) in [5.74, 6) is -0.216. The number of hydrogen-bond donors (Lipinski definition) is 2. The number of hydrazone groups is 1. The Morgan fingerprint density at radius 2 is 1.90 bits per heavy atom. The van der Waals surface area contributed by atoms with Gasteiger partial charge in [0.05, 0.1) is 12.8 Å². The molecule has 0 unspecified atom stereocenters. The third-order valence-corrected chi connectivity index (χ3v) is 3.83. The molecule has 0 spiro atoms. The van der Waals surface area contributed by atoms with Crippen molar-refractivity contribution in [1.29, 1.82) is 0 Å². The molecule has 1 amide bonds. The Balaban J connectivity index is 1.80. The van der Waals surface area contributed by atoms with Crippen molar-refractivity contribution in [3.63, 3.8) is 0 Å². The SMILES string of the molecule is O=C(CNc1ccc(Cl)cc1)N/N=C\c1ccccc1I. The second kappa shape index (κ2) is 7.99. The van der Waals surface area contributed by atoms with Gasteiger partial charge in [-0.3, -0.25) is 4.79 Å². The summed E-state index contributed by atoms with van der Waals surface area (Å²) < 4.78 is 1.08. The van der Waals surface area contributed by atoms with Gasteiger partial charge >= 0.3 is 0 Å². The molecule has 0 aliphatic rings. The molecule has 4 nitrogen and oxygen atoms in total. The molecule has 0 saturated carbocycles. The van der Waals surface area contributed by atoms with Crippen LogP contribution in [-0.4, -0.2) is 18.7 Å². The quantitative estimate of drug-likeness (QED) is 0.448. The van der Waals surface area contributed by atoms with E-state index < -0.39 is 0 Å². The Morgan fingerprint density at radius 3 is 2.62 bits per heavy atom. The second-order valence-corrected chi connectivity index (χ2v) is 5.77. The molecule has 2 rings (SSSR count). The number of nitrogens with one attached hydrogen (secondary N) is 2. The lowest BCUT2D eigenvalue weighted by atomic mass is 10.2. The lowest BCUT2D eigenvalue weighted by Gasteiger charge is -2.05. The summed E-state index contributed by atoms with van der Waals surface area (Å²) in [6.45, 7) is 0.144. The summed E-state index contributed by atoms with van der Waals surface area (Å²) >= 11 is 8.00. The van der Waals surface area contributed by atoms with Gasteiger partial charge in [0.15, 0.2) is 0 Å². The van der Waals surface area contributed by atoms with Crippen molar-refractivity contribution < 1.29 is 4.79 Å². The highest BCUT2D eigenvalue weighted by molar-refractivity contribution is 14.1. The molecular formula is C15H13ClIN3O. The first-order chi connectivity index (χ1) is 10.1. The largest absolute Gasteiger partial charge is 0.376 e. The maximum absolute atomic E-state index is 11.6. The first kappa shape index (κ1) is 15.8. The lowest BCUT2D eigenvalue weighted by molar-refractivity contribution is -0.119. The van der Waals surface area contributed by atoms with Crippen LogP contribution in [0.3, 0.4) is 0 Å². The number of anilines is 1. The van der Waals surface area contributed by atoms with Crippen molar-refractivity contribution in [3.05, 3.63) is 62.7 Å². The first-order valence-corrected chi connectivity index (χ1v) is 7.67. The molecule has 6 heteroatoms. The molecule has 0 aliphatic heterocycles. The number of nitrogens with zero attached hydrogens (tertiary/aromatic N) is 1. The summed E-state index contributed by atoms with van der Waals surface area (Å²) in [7, 11) is 0. The van der Waals surface area contributed by atoms with Gasteiger partial charge in [-0.15, -0.1) is 0 Å². The van der Waals surface area contributed by atoms with E-state index in [1.54, 1.807) is 18.3 Å². The molecule has 0 heterocycles. The highest BCUT2D eigenvalue weighted by Gasteiger charge is 2.00. The maximum atomic E-state index is 11.6. The summed E-state index contributed by atoms with van der Waals surface area (Å²) in [5, 5.41) is 7.58. The molecule has 108 valence electrons. The molecule has 2 N–H and O–H groups in total. The molecule has 0 bridgehead atoms. The van der Waals surface area contributed by atoms with Gasteiger partial charge in [0.1, 0.15) is 0 Å². The van der Waals surface area contributed by atoms with E-state index in [2.05, 4.69) is 38.4 Å². The van der Waals surface area contributed by atoms with Crippen molar-refractivity contribution in [1.82, 2.24) is 5.43 Å². The smallest absolute Gasteiger partial charge is 0.259 e. The van der Waals surface area contributed by atoms with Gasteiger partial charge in [-0.25, -0.2) is 5.43 Å². The average Bonchev–Trinajstić information content (AvgIpc) is 2.49. The van der Waals surface area contributed by atoms with Crippen molar-refractivity contribution in [2.45, 2.75) is 0 Å². The monoisotopic (exact) mass is 413 g/mol. The number of amides is 1. The summed E-state index contributed by atoms with van der Waals surface area (Å²) in [6.07, 6.45) is 1.63. The third-order valence-electron chi connectivity index (χ3n) is 2.60. The van der Waals surface area contributed by atoms with Crippen LogP contribution in [0, 0.1) is 3.57 Å². The molecule has 0 atom stereocenters. The third kappa shape index (κ3) is 5.35. The molecule has 0 fully saturated rings. The van der Waals surface area contributed by atoms with Gasteiger partial charge in [-0.2, -0.15) is 5.10 Å². The lowest BCUT2D eigenvalue weighted by Crippen LogP contribution is -2.25. The van der Waals surface area contributed by atoms with Gasteiger partial charge < -0.3 is 5.32 Å². The van der Waals surface area contributed by atoms with E-state index in [1.807, 2.05) is 36.4 Å². The standard InChI is InChI=1S/C15H13ClIN3O/c16-12-5-7-13(8-6-12)18-10-15(21)20-19-9-11-3-1-2-4-14(11)17/h1-9,18H,10H2,(H,20,21)/b19-9-. The van der Waals surface area contributed by atoms with Crippen LogP contribution in [0.5, 0.6) is 0 Å². The minimum atomic E-state index is -0.216. The number of rotatable bonds is 5. The van der Waals surface area contributed by atoms with Crippen LogP contribution in [0.1, 0.15) is 5.56 Å². The van der Waals surface area contributed by atoms with Crippen molar-refractivity contribution in [2.24, 2.45) is 5.10 Å². The van der Waals surface area contributed by atoms with Crippen molar-refractivity contribution in [2.75, 3.05) is 11.9 Å². The summed E-state index contributed by atoms with van der Waals surface area (Å²) in [5.41, 5.74) is 4.27. The molecule has 0 saturated heterocycles. The fourth-order valence-electron chi connectivity index (χ4n) is 1.54. The number of halogens is 2. The van der Waals surface area contributed by atoms with Gasteiger partial charge in [0.25, 0.3) is 5.91 Å². The van der Waals surface area contributed by atoms with E-state index >= 15 is 0 Å². The van der Waals surface area contributed by atoms with Crippen LogP contribution in [0.2, 0.25) is 5.02 Å². The van der Waals surface area contributed by atoms with E-state index in [0.717, 1.165) is 14.8 Å². The van der Waals surface area contributed by atoms with Gasteiger partial charge in [-0.1, -0.05) is 29.8 Å². The van der Waals surface area contributed by atoms with Crippen LogP contribution in [0.15, 0.2) is 53.6 Å². The van der Waals surface area contributed by atoms with Gasteiger partial charge in [0, 0.05) is 19.8 Å². The Hall–Kier alpha value is -1.60. The molecule has 0 aromatic heterocycles. The van der Waals surface area contributed by atoms with Gasteiger partial charge in [-0.05, 0) is 52.9 Å². The number of benzene rings is 2. The van der Waals surface area contributed by atoms with Crippen LogP contribution in [0.25, 0.3) is 0 Å². The van der Waals surface area contributed by atoms with E-state index in [1.165, 1.54) is 0 Å². The van der Waals surface area contributed by atoms with Crippen molar-refractivity contribution in [3.8, 4) is 0 Å². The second-order valence-electron chi connectivity index (χ2n) is 4.18. The normalized spacial score (nSPS) is 10.6. The van der Waals surface area contributed by atoms with E-state index in [0.29, 0.717) is 5.02 Å². The predicted molar refractivity (Wildman–Crippen MR) is 94.8 cm³/mol. The zero-order chi connectivity index (χ0) is 15.1. The zero-order valence-corrected chi connectivity index (χ0v) is 13.9. The summed E-state index contributed by atoms with van der Waals surface area (Å²) in [4.78, 5) is 11.6.